The van der Waals surface area contributed by atoms with Crippen LogP contribution in [0.4, 0.5) is 0 Å². The molecular weight excluding hydrogens is 677 g/mol. The van der Waals surface area contributed by atoms with Crippen molar-refractivity contribution in [1.29, 1.82) is 0 Å². The van der Waals surface area contributed by atoms with Crippen molar-refractivity contribution in [2.75, 3.05) is 39.8 Å². The Morgan fingerprint density at radius 1 is 0.898 bits per heavy atom. The number of aliphatic hydroxyl groups is 1. The largest absolute Gasteiger partial charge is 0.382 e. The Hall–Kier alpha value is -3.28. The van der Waals surface area contributed by atoms with Crippen LogP contribution in [0.1, 0.15) is 72.6 Å². The molecule has 49 heavy (non-hydrogen) atoms. The van der Waals surface area contributed by atoms with Crippen molar-refractivity contribution in [2.24, 2.45) is 0 Å². The molecule has 2 rings (SSSR count). The van der Waals surface area contributed by atoms with E-state index in [4.69, 9.17) is 13.7 Å². The van der Waals surface area contributed by atoms with Gasteiger partial charge >= 0.3 is 0 Å². The van der Waals surface area contributed by atoms with E-state index in [1.54, 1.807) is 37.3 Å². The maximum Gasteiger partial charge on any atom is 0.267 e. The van der Waals surface area contributed by atoms with Crippen LogP contribution in [0.3, 0.4) is 0 Å². The summed E-state index contributed by atoms with van der Waals surface area (Å²) in [6.07, 6.45) is 6.49. The smallest absolute Gasteiger partial charge is 0.267 e. The first-order valence-electron chi connectivity index (χ1n) is 16.2. The van der Waals surface area contributed by atoms with Crippen molar-refractivity contribution in [2.45, 2.75) is 89.4 Å². The minimum absolute atomic E-state index is 0.0592. The minimum atomic E-state index is -4.03. The normalized spacial score (nSPS) is 14.7. The quantitative estimate of drug-likeness (QED) is 0.0913. The van der Waals surface area contributed by atoms with Crippen molar-refractivity contribution < 1.29 is 46.4 Å². The summed E-state index contributed by atoms with van der Waals surface area (Å²) >= 11 is 1.14. The fraction of sp³-hybridized carbons (Fsp3) is 0.606. The fourth-order valence-corrected chi connectivity index (χ4v) is 6.53. The summed E-state index contributed by atoms with van der Waals surface area (Å²) in [6, 6.07) is 4.82. The van der Waals surface area contributed by atoms with Gasteiger partial charge in [-0.3, -0.25) is 23.4 Å². The molecule has 14 nitrogen and oxygen atoms in total. The molecule has 274 valence electrons. The van der Waals surface area contributed by atoms with Gasteiger partial charge < -0.3 is 30.5 Å². The monoisotopic (exact) mass is 726 g/mol. The number of ketones is 1. The number of nitrogens with zero attached hydrogens (tertiary/aromatic N) is 1. The third-order valence-corrected chi connectivity index (χ3v) is 9.66. The van der Waals surface area contributed by atoms with Gasteiger partial charge in [0.25, 0.3) is 16.0 Å². The number of methoxy groups -OCH3 is 2. The lowest BCUT2D eigenvalue weighted by Crippen LogP contribution is -2.60. The van der Waals surface area contributed by atoms with E-state index in [-0.39, 0.29) is 30.3 Å². The summed E-state index contributed by atoms with van der Waals surface area (Å²) in [5, 5.41) is 19.5. The predicted octanol–water partition coefficient (Wildman–Crippen LogP) is 2.08. The van der Waals surface area contributed by atoms with Crippen molar-refractivity contribution in [3.05, 3.63) is 52.0 Å². The number of hydrogen-bond donors (Lipinski definition) is 4. The number of aryl methyl sites for hydroxylation is 1. The van der Waals surface area contributed by atoms with E-state index in [0.29, 0.717) is 23.4 Å². The zero-order chi connectivity index (χ0) is 36.5. The Kier molecular flexibility index (Phi) is 18.0. The fourth-order valence-electron chi connectivity index (χ4n) is 4.77. The van der Waals surface area contributed by atoms with Gasteiger partial charge in [-0.2, -0.15) is 8.42 Å². The molecule has 0 radical (unpaired) electrons. The molecule has 1 heterocycles. The number of nitrogens with one attached hydrogen (secondary N) is 3. The molecule has 1 aromatic carbocycles. The second-order valence-corrected chi connectivity index (χ2v) is 14.9. The Morgan fingerprint density at radius 2 is 1.47 bits per heavy atom. The molecular formula is C33H50N4O10S2. The van der Waals surface area contributed by atoms with Crippen molar-refractivity contribution in [3.8, 4) is 0 Å². The highest BCUT2D eigenvalue weighted by atomic mass is 32.2. The van der Waals surface area contributed by atoms with E-state index in [1.807, 2.05) is 0 Å². The summed E-state index contributed by atoms with van der Waals surface area (Å²) in [5.74, 6) is -3.28. The molecule has 0 bridgehead atoms. The third kappa shape index (κ3) is 15.0. The zero-order valence-corrected chi connectivity index (χ0v) is 30.5. The van der Waals surface area contributed by atoms with Crippen LogP contribution in [-0.2, 0) is 44.6 Å². The lowest BCUT2D eigenvalue weighted by molar-refractivity contribution is -0.143. The summed E-state index contributed by atoms with van der Waals surface area (Å²) in [5.41, 5.74) is -1.66. The van der Waals surface area contributed by atoms with Crippen molar-refractivity contribution >= 4 is 45.0 Å². The molecule has 3 amide bonds. The number of thiazole rings is 1. The number of aromatic nitrogens is 1. The van der Waals surface area contributed by atoms with Crippen molar-refractivity contribution in [3.63, 3.8) is 0 Å². The summed E-state index contributed by atoms with van der Waals surface area (Å²) in [6.45, 7) is 3.58. The van der Waals surface area contributed by atoms with Crippen LogP contribution in [0, 0.1) is 6.92 Å². The Balaban J connectivity index is 2.17. The molecule has 2 aromatic rings. The molecule has 4 atom stereocenters. The van der Waals surface area contributed by atoms with Gasteiger partial charge in [-0.1, -0.05) is 69.4 Å². The molecule has 0 aliphatic heterocycles. The number of amides is 3. The van der Waals surface area contributed by atoms with E-state index < -0.39 is 64.0 Å². The average molecular weight is 727 g/mol. The summed E-state index contributed by atoms with van der Waals surface area (Å²) in [4.78, 5) is 57.6. The van der Waals surface area contributed by atoms with Gasteiger partial charge in [0.15, 0.2) is 5.78 Å². The number of benzene rings is 1. The number of rotatable bonds is 24. The maximum absolute atomic E-state index is 13.7. The topological polar surface area (TPSA) is 199 Å². The van der Waals surface area contributed by atoms with Gasteiger partial charge in [-0.15, -0.1) is 11.3 Å². The standard InChI is InChI=1S/C33H50N4O10S2/c1-6-7-8-9-10-14-17-49(43,44)47-22-33(3,42)29(38)25(18-24-15-12-11-13-16-24)35-30(39)26(20-45-4)36-31(40)27(21-46-5)37-32(41)28-19-34-23(2)48-28/h11-13,15-16,19,25-27,42H,6-10,14,17-18,20-22H2,1-5H3,(H,35,39)(H,36,40)(H,37,41)/t25?,26-,27-,33?/m0/s1. The highest BCUT2D eigenvalue weighted by Crippen LogP contribution is 2.16. The highest BCUT2D eigenvalue weighted by molar-refractivity contribution is 7.86. The first-order valence-corrected chi connectivity index (χ1v) is 18.6. The van der Waals surface area contributed by atoms with Gasteiger partial charge in [-0.05, 0) is 32.3 Å². The molecule has 2 unspecified atom stereocenters. The summed E-state index contributed by atoms with van der Waals surface area (Å²) < 4.78 is 40.4. The SMILES string of the molecule is CCCCCCCCS(=O)(=O)OCC(C)(O)C(=O)C(Cc1ccccc1)NC(=O)[C@H](COC)NC(=O)[C@H](COC)NC(=O)c1cnc(C)s1. The molecule has 16 heteroatoms. The predicted molar refractivity (Wildman–Crippen MR) is 185 cm³/mol. The lowest BCUT2D eigenvalue weighted by atomic mass is 9.91. The van der Waals surface area contributed by atoms with Gasteiger partial charge in [0.2, 0.25) is 11.8 Å². The van der Waals surface area contributed by atoms with Gasteiger partial charge in [-0.25, -0.2) is 4.98 Å². The van der Waals surface area contributed by atoms with Crippen LogP contribution in [0.2, 0.25) is 0 Å². The van der Waals surface area contributed by atoms with Crippen LogP contribution >= 0.6 is 11.3 Å². The second-order valence-electron chi connectivity index (χ2n) is 11.9. The molecule has 0 aliphatic carbocycles. The number of Topliss-reactive ketones (excluding diaryl/α,β-unsaturated/α-hetero) is 1. The molecule has 1 aromatic heterocycles. The lowest BCUT2D eigenvalue weighted by Gasteiger charge is -2.29. The number of carbonyl (C=O) groups excluding carboxylic acids is 4. The highest BCUT2D eigenvalue weighted by Gasteiger charge is 2.39. The van der Waals surface area contributed by atoms with Gasteiger partial charge in [0, 0.05) is 14.2 Å². The molecule has 0 saturated carbocycles. The van der Waals surface area contributed by atoms with Crippen LogP contribution in [0.5, 0.6) is 0 Å². The van der Waals surface area contributed by atoms with Crippen LogP contribution < -0.4 is 16.0 Å². The second kappa shape index (κ2) is 21.1. The first-order chi connectivity index (χ1) is 23.2. The average Bonchev–Trinajstić information content (AvgIpc) is 3.51. The van der Waals surface area contributed by atoms with Gasteiger partial charge in [0.05, 0.1) is 36.2 Å². The van der Waals surface area contributed by atoms with E-state index >= 15 is 0 Å². The van der Waals surface area contributed by atoms with Crippen LogP contribution in [0.15, 0.2) is 36.5 Å². The molecule has 0 fully saturated rings. The van der Waals surface area contributed by atoms with Gasteiger partial charge in [0.1, 0.15) is 29.2 Å². The zero-order valence-electron chi connectivity index (χ0n) is 28.9. The number of ether oxygens (including phenoxy) is 2. The van der Waals surface area contributed by atoms with Crippen LogP contribution in [-0.4, -0.2) is 106 Å². The molecule has 0 saturated heterocycles. The number of unbranched alkanes of at least 4 members (excludes halogenated alkanes) is 5. The Bertz CT molecular complexity index is 1450. The van der Waals surface area contributed by atoms with E-state index in [9.17, 15) is 32.7 Å². The Morgan fingerprint density at radius 3 is 2.04 bits per heavy atom. The summed E-state index contributed by atoms with van der Waals surface area (Å²) in [7, 11) is -1.37. The number of carbonyl (C=O) groups is 4. The van der Waals surface area contributed by atoms with E-state index in [1.165, 1.54) is 20.4 Å². The van der Waals surface area contributed by atoms with E-state index in [2.05, 4.69) is 27.9 Å². The maximum atomic E-state index is 13.7. The Labute approximate surface area is 292 Å². The molecule has 4 N–H and O–H groups in total. The minimum Gasteiger partial charge on any atom is -0.382 e. The molecule has 0 spiro atoms. The number of hydrogen-bond acceptors (Lipinski definition) is 12. The van der Waals surface area contributed by atoms with E-state index in [0.717, 1.165) is 43.9 Å². The third-order valence-electron chi connectivity index (χ3n) is 7.48. The van der Waals surface area contributed by atoms with Crippen molar-refractivity contribution in [1.82, 2.24) is 20.9 Å². The first kappa shape index (κ1) is 41.9. The molecule has 0 aliphatic rings. The van der Waals surface area contributed by atoms with Crippen LogP contribution in [0.25, 0.3) is 0 Å².